The lowest BCUT2D eigenvalue weighted by Gasteiger charge is -2.26. The molecule has 2 aromatic rings. The van der Waals surface area contributed by atoms with Gasteiger partial charge in [-0.2, -0.15) is 0 Å². The molecular formula is C14H15BrClNS. The fourth-order valence-corrected chi connectivity index (χ4v) is 3.52. The molecule has 0 aliphatic carbocycles. The number of hydrogen-bond donors (Lipinski definition) is 1. The molecule has 0 spiro atoms. The molecule has 0 aliphatic heterocycles. The molecule has 0 aliphatic rings. The Morgan fingerprint density at radius 2 is 2.17 bits per heavy atom. The molecular weight excluding hydrogens is 330 g/mol. The second-order valence-electron chi connectivity index (χ2n) is 4.62. The molecule has 0 fully saturated rings. The SMILES string of the molecule is CC(N)(CCc1cccs1)c1ccc(Br)cc1Cl. The van der Waals surface area contributed by atoms with Crippen molar-refractivity contribution in [2.45, 2.75) is 25.3 Å². The molecule has 0 saturated heterocycles. The van der Waals surface area contributed by atoms with Crippen molar-refractivity contribution in [2.24, 2.45) is 5.73 Å². The molecule has 1 aromatic carbocycles. The van der Waals surface area contributed by atoms with Gasteiger partial charge < -0.3 is 5.73 Å². The van der Waals surface area contributed by atoms with Crippen LogP contribution in [0.1, 0.15) is 23.8 Å². The van der Waals surface area contributed by atoms with E-state index in [4.69, 9.17) is 17.3 Å². The van der Waals surface area contributed by atoms with E-state index < -0.39 is 5.54 Å². The van der Waals surface area contributed by atoms with Crippen LogP contribution in [0.15, 0.2) is 40.2 Å². The summed E-state index contributed by atoms with van der Waals surface area (Å²) in [7, 11) is 0. The van der Waals surface area contributed by atoms with Gasteiger partial charge in [-0.3, -0.25) is 0 Å². The van der Waals surface area contributed by atoms with Gasteiger partial charge in [0.2, 0.25) is 0 Å². The summed E-state index contributed by atoms with van der Waals surface area (Å²) in [4.78, 5) is 1.36. The summed E-state index contributed by atoms with van der Waals surface area (Å²) in [5.74, 6) is 0. The predicted molar refractivity (Wildman–Crippen MR) is 83.3 cm³/mol. The largest absolute Gasteiger partial charge is 0.322 e. The molecule has 0 radical (unpaired) electrons. The summed E-state index contributed by atoms with van der Waals surface area (Å²) in [6, 6.07) is 10.1. The summed E-state index contributed by atoms with van der Waals surface area (Å²) >= 11 is 11.4. The number of thiophene rings is 1. The zero-order valence-electron chi connectivity index (χ0n) is 10.1. The van der Waals surface area contributed by atoms with Gasteiger partial charge in [0.1, 0.15) is 0 Å². The zero-order chi connectivity index (χ0) is 13.2. The third-order valence-electron chi connectivity index (χ3n) is 3.02. The quantitative estimate of drug-likeness (QED) is 0.832. The van der Waals surface area contributed by atoms with Gasteiger partial charge in [0.15, 0.2) is 0 Å². The maximum absolute atomic E-state index is 6.41. The van der Waals surface area contributed by atoms with Crippen LogP contribution in [0.5, 0.6) is 0 Å². The van der Waals surface area contributed by atoms with Crippen molar-refractivity contribution in [1.82, 2.24) is 0 Å². The monoisotopic (exact) mass is 343 g/mol. The smallest absolute Gasteiger partial charge is 0.0467 e. The van der Waals surface area contributed by atoms with E-state index in [-0.39, 0.29) is 0 Å². The van der Waals surface area contributed by atoms with Gasteiger partial charge in [-0.1, -0.05) is 39.7 Å². The minimum Gasteiger partial charge on any atom is -0.322 e. The molecule has 1 atom stereocenters. The highest BCUT2D eigenvalue weighted by Crippen LogP contribution is 2.32. The molecule has 0 bridgehead atoms. The summed E-state index contributed by atoms with van der Waals surface area (Å²) < 4.78 is 0.977. The first-order chi connectivity index (χ1) is 8.49. The third-order valence-corrected chi connectivity index (χ3v) is 4.76. The second-order valence-corrected chi connectivity index (χ2v) is 6.98. The van der Waals surface area contributed by atoms with Crippen LogP contribution < -0.4 is 5.73 Å². The van der Waals surface area contributed by atoms with Crippen molar-refractivity contribution in [3.63, 3.8) is 0 Å². The molecule has 96 valence electrons. The number of hydrogen-bond acceptors (Lipinski definition) is 2. The topological polar surface area (TPSA) is 26.0 Å². The summed E-state index contributed by atoms with van der Waals surface area (Å²) in [6.45, 7) is 2.04. The summed E-state index contributed by atoms with van der Waals surface area (Å²) in [6.07, 6.45) is 1.87. The van der Waals surface area contributed by atoms with Crippen LogP contribution >= 0.6 is 38.9 Å². The van der Waals surface area contributed by atoms with E-state index in [1.54, 1.807) is 11.3 Å². The summed E-state index contributed by atoms with van der Waals surface area (Å²) in [5.41, 5.74) is 7.01. The van der Waals surface area contributed by atoms with Crippen molar-refractivity contribution < 1.29 is 0 Å². The maximum Gasteiger partial charge on any atom is 0.0467 e. The highest BCUT2D eigenvalue weighted by atomic mass is 79.9. The Labute approximate surface area is 125 Å². The van der Waals surface area contributed by atoms with Crippen LogP contribution in [0.25, 0.3) is 0 Å². The Bertz CT molecular complexity index is 523. The number of rotatable bonds is 4. The van der Waals surface area contributed by atoms with Crippen molar-refractivity contribution in [2.75, 3.05) is 0 Å². The van der Waals surface area contributed by atoms with Crippen molar-refractivity contribution in [3.05, 3.63) is 55.6 Å². The van der Waals surface area contributed by atoms with Gasteiger partial charge in [-0.05, 0) is 48.9 Å². The first-order valence-corrected chi connectivity index (χ1v) is 7.81. The van der Waals surface area contributed by atoms with Gasteiger partial charge in [0.25, 0.3) is 0 Å². The zero-order valence-corrected chi connectivity index (χ0v) is 13.3. The fourth-order valence-electron chi connectivity index (χ4n) is 1.93. The van der Waals surface area contributed by atoms with E-state index in [2.05, 4.69) is 33.4 Å². The lowest BCUT2D eigenvalue weighted by Crippen LogP contribution is -2.33. The van der Waals surface area contributed by atoms with Gasteiger partial charge in [0.05, 0.1) is 0 Å². The van der Waals surface area contributed by atoms with E-state index in [1.165, 1.54) is 4.88 Å². The lowest BCUT2D eigenvalue weighted by atomic mass is 9.88. The van der Waals surface area contributed by atoms with E-state index in [1.807, 2.05) is 25.1 Å². The average molecular weight is 345 g/mol. The number of aryl methyl sites for hydroxylation is 1. The first-order valence-electron chi connectivity index (χ1n) is 5.76. The Hall–Kier alpha value is -0.350. The molecule has 1 aromatic heterocycles. The van der Waals surface area contributed by atoms with Crippen LogP contribution in [0, 0.1) is 0 Å². The van der Waals surface area contributed by atoms with E-state index in [0.29, 0.717) is 0 Å². The standard InChI is InChI=1S/C14H15BrClNS/c1-14(17,7-6-11-3-2-8-18-11)12-5-4-10(15)9-13(12)16/h2-5,8-9H,6-7,17H2,1H3. The normalized spacial score (nSPS) is 14.4. The maximum atomic E-state index is 6.41. The lowest BCUT2D eigenvalue weighted by molar-refractivity contribution is 0.454. The Morgan fingerprint density at radius 3 is 2.78 bits per heavy atom. The molecule has 1 nitrogen and oxygen atoms in total. The molecule has 1 heterocycles. The van der Waals surface area contributed by atoms with Crippen LogP contribution in [-0.4, -0.2) is 0 Å². The van der Waals surface area contributed by atoms with Gasteiger partial charge in [0, 0.05) is 19.9 Å². The third kappa shape index (κ3) is 3.35. The van der Waals surface area contributed by atoms with Crippen LogP contribution in [0.4, 0.5) is 0 Å². The van der Waals surface area contributed by atoms with Crippen molar-refractivity contribution in [1.29, 1.82) is 0 Å². The Balaban J connectivity index is 2.14. The Morgan fingerprint density at radius 1 is 1.39 bits per heavy atom. The van der Waals surface area contributed by atoms with Crippen LogP contribution in [-0.2, 0) is 12.0 Å². The first kappa shape index (κ1) is 14.1. The van der Waals surface area contributed by atoms with E-state index >= 15 is 0 Å². The van der Waals surface area contributed by atoms with E-state index in [9.17, 15) is 0 Å². The number of halogens is 2. The van der Waals surface area contributed by atoms with Crippen molar-refractivity contribution >= 4 is 38.9 Å². The highest BCUT2D eigenvalue weighted by molar-refractivity contribution is 9.10. The number of nitrogens with two attached hydrogens (primary N) is 1. The molecule has 0 saturated carbocycles. The minimum atomic E-state index is -0.401. The highest BCUT2D eigenvalue weighted by Gasteiger charge is 2.23. The van der Waals surface area contributed by atoms with Crippen LogP contribution in [0.2, 0.25) is 5.02 Å². The van der Waals surface area contributed by atoms with Crippen LogP contribution in [0.3, 0.4) is 0 Å². The molecule has 1 unspecified atom stereocenters. The predicted octanol–water partition coefficient (Wildman–Crippen LogP) is 4.97. The molecule has 2 rings (SSSR count). The van der Waals surface area contributed by atoms with Gasteiger partial charge in [-0.25, -0.2) is 0 Å². The second kappa shape index (κ2) is 5.74. The molecule has 4 heteroatoms. The molecule has 0 amide bonds. The van der Waals surface area contributed by atoms with Gasteiger partial charge >= 0.3 is 0 Å². The van der Waals surface area contributed by atoms with Crippen molar-refractivity contribution in [3.8, 4) is 0 Å². The Kier molecular flexibility index (Phi) is 4.49. The number of benzene rings is 1. The minimum absolute atomic E-state index is 0.401. The fraction of sp³-hybridized carbons (Fsp3) is 0.286. The van der Waals surface area contributed by atoms with Gasteiger partial charge in [-0.15, -0.1) is 11.3 Å². The molecule has 18 heavy (non-hydrogen) atoms. The average Bonchev–Trinajstić information content (AvgIpc) is 2.78. The molecule has 2 N–H and O–H groups in total. The van der Waals surface area contributed by atoms with E-state index in [0.717, 1.165) is 27.9 Å². The summed E-state index contributed by atoms with van der Waals surface area (Å²) in [5, 5.41) is 2.82.